The number of hydrogen-bond donors (Lipinski definition) is 2. The summed E-state index contributed by atoms with van der Waals surface area (Å²) in [7, 11) is 0. The van der Waals surface area contributed by atoms with E-state index in [0.717, 1.165) is 35.3 Å². The third kappa shape index (κ3) is 4.42. The van der Waals surface area contributed by atoms with Crippen molar-refractivity contribution in [3.05, 3.63) is 81.8 Å². The highest BCUT2D eigenvalue weighted by molar-refractivity contribution is 5.82. The summed E-state index contributed by atoms with van der Waals surface area (Å²) >= 11 is 0. The van der Waals surface area contributed by atoms with Crippen molar-refractivity contribution in [1.82, 2.24) is 19.9 Å². The van der Waals surface area contributed by atoms with E-state index in [1.165, 1.54) is 36.8 Å². The molecule has 6 nitrogen and oxygen atoms in total. The van der Waals surface area contributed by atoms with Gasteiger partial charge < -0.3 is 10.6 Å². The van der Waals surface area contributed by atoms with Gasteiger partial charge in [0.25, 0.3) is 5.56 Å². The molecule has 6 heteroatoms. The first kappa shape index (κ1) is 22.9. The van der Waals surface area contributed by atoms with Gasteiger partial charge in [0.05, 0.1) is 0 Å². The number of aryl methyl sites for hydroxylation is 2. The molecule has 4 aromatic rings. The number of anilines is 2. The van der Waals surface area contributed by atoms with Crippen molar-refractivity contribution < 1.29 is 0 Å². The summed E-state index contributed by atoms with van der Waals surface area (Å²) in [5.74, 6) is 1.77. The van der Waals surface area contributed by atoms with Crippen LogP contribution in [0.4, 0.5) is 11.6 Å². The van der Waals surface area contributed by atoms with Crippen molar-refractivity contribution in [2.75, 3.05) is 18.4 Å². The number of aromatic nitrogens is 3. The van der Waals surface area contributed by atoms with E-state index in [2.05, 4.69) is 65.0 Å². The second-order valence-electron chi connectivity index (χ2n) is 10.2. The molecule has 2 N–H and O–H groups in total. The first-order valence-corrected chi connectivity index (χ1v) is 13.2. The van der Waals surface area contributed by atoms with Crippen LogP contribution in [-0.4, -0.2) is 27.6 Å². The average Bonchev–Trinajstić information content (AvgIpc) is 3.75. The lowest BCUT2D eigenvalue weighted by Crippen LogP contribution is -2.28. The summed E-state index contributed by atoms with van der Waals surface area (Å²) in [6, 6.07) is 17.0. The highest BCUT2D eigenvalue weighted by atomic mass is 16.1. The minimum Gasteiger partial charge on any atom is -0.324 e. The molecule has 2 fully saturated rings. The van der Waals surface area contributed by atoms with Gasteiger partial charge in [0, 0.05) is 35.9 Å². The summed E-state index contributed by atoms with van der Waals surface area (Å²) in [5, 5.41) is 7.67. The molecule has 3 heterocycles. The fourth-order valence-corrected chi connectivity index (χ4v) is 5.47. The van der Waals surface area contributed by atoms with Crippen molar-refractivity contribution in [3.8, 4) is 11.1 Å². The Morgan fingerprint density at radius 1 is 1.00 bits per heavy atom. The lowest BCUT2D eigenvalue weighted by molar-refractivity contribution is 0.461. The predicted molar refractivity (Wildman–Crippen MR) is 146 cm³/mol. The molecule has 0 spiro atoms. The summed E-state index contributed by atoms with van der Waals surface area (Å²) < 4.78 is 1.75. The molecule has 184 valence electrons. The Morgan fingerprint density at radius 2 is 1.81 bits per heavy atom. The van der Waals surface area contributed by atoms with Crippen LogP contribution in [0.1, 0.15) is 61.1 Å². The zero-order valence-electron chi connectivity index (χ0n) is 21.1. The number of piperidine rings is 1. The fraction of sp³-hybridized carbons (Fsp3) is 0.367. The van der Waals surface area contributed by atoms with Crippen LogP contribution in [0.5, 0.6) is 0 Å². The van der Waals surface area contributed by atoms with Crippen molar-refractivity contribution in [1.29, 1.82) is 0 Å². The van der Waals surface area contributed by atoms with E-state index in [9.17, 15) is 4.79 Å². The van der Waals surface area contributed by atoms with E-state index in [1.54, 1.807) is 4.57 Å². The molecule has 36 heavy (non-hydrogen) atoms. The number of pyridine rings is 1. The molecule has 1 saturated carbocycles. The van der Waals surface area contributed by atoms with Crippen LogP contribution >= 0.6 is 0 Å². The molecule has 0 bridgehead atoms. The van der Waals surface area contributed by atoms with Gasteiger partial charge in [-0.25, -0.2) is 4.98 Å². The Hall–Kier alpha value is -3.51. The fourth-order valence-electron chi connectivity index (χ4n) is 5.47. The Kier molecular flexibility index (Phi) is 6.05. The molecule has 2 aromatic carbocycles. The maximum absolute atomic E-state index is 13.5. The molecular weight excluding hydrogens is 446 g/mol. The number of nitrogens with zero attached hydrogens (tertiary/aromatic N) is 3. The van der Waals surface area contributed by atoms with Gasteiger partial charge in [-0.2, -0.15) is 4.98 Å². The SMILES string of the molecule is CCn1c(=O)c(-c2ccc(C3CC3)cc2C)cc2cnc(Nc3ccc(C4CCCNC4)cc3)nc21. The summed E-state index contributed by atoms with van der Waals surface area (Å²) in [6.45, 7) is 6.79. The molecule has 2 aliphatic rings. The van der Waals surface area contributed by atoms with E-state index in [0.29, 0.717) is 35.5 Å². The minimum absolute atomic E-state index is 0.0117. The van der Waals surface area contributed by atoms with Crippen LogP contribution in [0.15, 0.2) is 59.5 Å². The maximum Gasteiger partial charge on any atom is 0.260 e. The first-order valence-electron chi connectivity index (χ1n) is 13.2. The zero-order chi connectivity index (χ0) is 24.6. The lowest BCUT2D eigenvalue weighted by atomic mass is 9.92. The van der Waals surface area contributed by atoms with Gasteiger partial charge in [0.1, 0.15) is 5.65 Å². The monoisotopic (exact) mass is 479 g/mol. The Balaban J connectivity index is 1.30. The number of fused-ring (bicyclic) bond motifs is 1. The van der Waals surface area contributed by atoms with Crippen LogP contribution in [-0.2, 0) is 6.54 Å². The second-order valence-corrected chi connectivity index (χ2v) is 10.2. The maximum atomic E-state index is 13.5. The molecule has 6 rings (SSSR count). The van der Waals surface area contributed by atoms with E-state index in [1.807, 2.05) is 19.2 Å². The first-order chi connectivity index (χ1) is 17.6. The van der Waals surface area contributed by atoms with Crippen molar-refractivity contribution in [2.24, 2.45) is 0 Å². The smallest absolute Gasteiger partial charge is 0.260 e. The zero-order valence-corrected chi connectivity index (χ0v) is 21.1. The molecule has 0 amide bonds. The molecular formula is C30H33N5O. The van der Waals surface area contributed by atoms with Gasteiger partial charge in [-0.05, 0) is 98.4 Å². The summed E-state index contributed by atoms with van der Waals surface area (Å²) in [6.07, 6.45) is 6.81. The number of benzene rings is 2. The quantitative estimate of drug-likeness (QED) is 0.362. The Morgan fingerprint density at radius 3 is 2.50 bits per heavy atom. The molecule has 2 aromatic heterocycles. The van der Waals surface area contributed by atoms with Gasteiger partial charge in [-0.3, -0.25) is 9.36 Å². The van der Waals surface area contributed by atoms with Crippen LogP contribution in [0.2, 0.25) is 0 Å². The van der Waals surface area contributed by atoms with E-state index in [-0.39, 0.29) is 5.56 Å². The Labute approximate surface area is 211 Å². The molecule has 1 aliphatic carbocycles. The topological polar surface area (TPSA) is 71.8 Å². The normalized spacial score (nSPS) is 17.9. The van der Waals surface area contributed by atoms with Crippen molar-refractivity contribution >= 4 is 22.7 Å². The Bertz CT molecular complexity index is 1460. The van der Waals surface area contributed by atoms with Crippen LogP contribution in [0.25, 0.3) is 22.2 Å². The summed E-state index contributed by atoms with van der Waals surface area (Å²) in [4.78, 5) is 22.9. The third-order valence-corrected chi connectivity index (χ3v) is 7.67. The van der Waals surface area contributed by atoms with E-state index in [4.69, 9.17) is 4.98 Å². The molecule has 1 atom stereocenters. The second kappa shape index (κ2) is 9.51. The van der Waals surface area contributed by atoms with Crippen molar-refractivity contribution in [3.63, 3.8) is 0 Å². The van der Waals surface area contributed by atoms with Crippen LogP contribution < -0.4 is 16.2 Å². The standard InChI is InChI=1S/C30H33N5O/c1-3-35-28-24(16-27(29(35)36)26-13-10-22(15-19(26)2)20-6-7-20)18-32-30(34-28)33-25-11-8-21(9-12-25)23-5-4-14-31-17-23/h8-13,15-16,18,20,23,31H,3-7,14,17H2,1-2H3,(H,32,33,34). The minimum atomic E-state index is -0.0117. The summed E-state index contributed by atoms with van der Waals surface area (Å²) in [5.41, 5.74) is 7.17. The van der Waals surface area contributed by atoms with E-state index >= 15 is 0 Å². The highest BCUT2D eigenvalue weighted by Gasteiger charge is 2.24. The number of rotatable bonds is 6. The van der Waals surface area contributed by atoms with Gasteiger partial charge in [0.2, 0.25) is 5.95 Å². The lowest BCUT2D eigenvalue weighted by Gasteiger charge is -2.23. The molecule has 1 saturated heterocycles. The predicted octanol–water partition coefficient (Wildman–Crippen LogP) is 5.87. The largest absolute Gasteiger partial charge is 0.324 e. The van der Waals surface area contributed by atoms with Gasteiger partial charge >= 0.3 is 0 Å². The third-order valence-electron chi connectivity index (χ3n) is 7.67. The molecule has 1 aliphatic heterocycles. The highest BCUT2D eigenvalue weighted by Crippen LogP contribution is 2.41. The number of nitrogens with one attached hydrogen (secondary N) is 2. The number of hydrogen-bond acceptors (Lipinski definition) is 5. The molecule has 0 radical (unpaired) electrons. The van der Waals surface area contributed by atoms with Crippen LogP contribution in [0, 0.1) is 6.92 Å². The van der Waals surface area contributed by atoms with E-state index < -0.39 is 0 Å². The van der Waals surface area contributed by atoms with Crippen molar-refractivity contribution in [2.45, 2.75) is 57.9 Å². The van der Waals surface area contributed by atoms with Crippen LogP contribution in [0.3, 0.4) is 0 Å². The average molecular weight is 480 g/mol. The molecule has 1 unspecified atom stereocenters. The van der Waals surface area contributed by atoms with Gasteiger partial charge in [0.15, 0.2) is 0 Å². The van der Waals surface area contributed by atoms with Gasteiger partial charge in [-0.1, -0.05) is 30.3 Å². The van der Waals surface area contributed by atoms with Gasteiger partial charge in [-0.15, -0.1) is 0 Å².